The Bertz CT molecular complexity index is 250. The zero-order chi connectivity index (χ0) is 8.27. The molecule has 0 fully saturated rings. The fraction of sp³-hybridized carbons (Fsp3) is 0.444. The molecule has 11 heavy (non-hydrogen) atoms. The second-order valence-corrected chi connectivity index (χ2v) is 3.87. The Hall–Kier alpha value is -0.630. The number of carbonyl (C=O) groups is 1. The first-order chi connectivity index (χ1) is 5.24. The summed E-state index contributed by atoms with van der Waals surface area (Å²) in [6.45, 7) is 4.05. The quantitative estimate of drug-likeness (QED) is 0.634. The van der Waals surface area contributed by atoms with Gasteiger partial charge in [-0.2, -0.15) is 0 Å². The number of thiophene rings is 1. The molecular weight excluding hydrogens is 156 g/mol. The molecule has 0 aliphatic heterocycles. The molecule has 0 aliphatic carbocycles. The van der Waals surface area contributed by atoms with Crippen LogP contribution in [0.5, 0.6) is 0 Å². The van der Waals surface area contributed by atoms with Crippen LogP contribution in [0.3, 0.4) is 0 Å². The van der Waals surface area contributed by atoms with E-state index < -0.39 is 0 Å². The van der Waals surface area contributed by atoms with Crippen molar-refractivity contribution in [3.63, 3.8) is 0 Å². The first-order valence-electron chi connectivity index (χ1n) is 3.83. The van der Waals surface area contributed by atoms with Gasteiger partial charge in [0.2, 0.25) is 0 Å². The normalized spacial score (nSPS) is 10.0. The van der Waals surface area contributed by atoms with Crippen molar-refractivity contribution in [3.05, 3.63) is 21.9 Å². The molecule has 2 heteroatoms. The molecule has 1 rings (SSSR count). The highest BCUT2D eigenvalue weighted by atomic mass is 32.1. The summed E-state index contributed by atoms with van der Waals surface area (Å²) in [6.07, 6.45) is 1.62. The Balaban J connectivity index is 2.69. The van der Waals surface area contributed by atoms with Crippen LogP contribution in [0, 0.1) is 6.92 Å². The number of Topliss-reactive ketones (excluding diaryl/α,β-unsaturated/α-hetero) is 1. The monoisotopic (exact) mass is 168 g/mol. The molecule has 1 aromatic heterocycles. The molecule has 60 valence electrons. The molecule has 0 bridgehead atoms. The Morgan fingerprint density at radius 3 is 2.73 bits per heavy atom. The van der Waals surface area contributed by atoms with Crippen molar-refractivity contribution in [1.29, 1.82) is 0 Å². The zero-order valence-electron chi connectivity index (χ0n) is 6.89. The number of hydrogen-bond acceptors (Lipinski definition) is 2. The van der Waals surface area contributed by atoms with E-state index in [0.717, 1.165) is 11.3 Å². The van der Waals surface area contributed by atoms with Crippen LogP contribution < -0.4 is 0 Å². The molecular formula is C9H12OS. The topological polar surface area (TPSA) is 17.1 Å². The lowest BCUT2D eigenvalue weighted by Crippen LogP contribution is -1.93. The van der Waals surface area contributed by atoms with Gasteiger partial charge < -0.3 is 0 Å². The molecule has 0 atom stereocenters. The average Bonchev–Trinajstić information content (AvgIpc) is 2.36. The minimum Gasteiger partial charge on any atom is -0.293 e. The molecule has 0 saturated heterocycles. The lowest BCUT2D eigenvalue weighted by molar-refractivity contribution is 0.0985. The van der Waals surface area contributed by atoms with Crippen LogP contribution in [0.2, 0.25) is 0 Å². The number of hydrogen-bond donors (Lipinski definition) is 0. The summed E-state index contributed by atoms with van der Waals surface area (Å²) in [4.78, 5) is 13.4. The molecule has 0 aromatic carbocycles. The summed E-state index contributed by atoms with van der Waals surface area (Å²) in [5.74, 6) is 0.283. The predicted octanol–water partition coefficient (Wildman–Crippen LogP) is 3.04. The van der Waals surface area contributed by atoms with Gasteiger partial charge in [-0.15, -0.1) is 11.3 Å². The lowest BCUT2D eigenvalue weighted by Gasteiger charge is -1.91. The minimum absolute atomic E-state index is 0.283. The maximum Gasteiger partial charge on any atom is 0.172 e. The molecule has 0 unspecified atom stereocenters. The van der Waals surface area contributed by atoms with E-state index in [4.69, 9.17) is 0 Å². The van der Waals surface area contributed by atoms with Gasteiger partial charge in [-0.25, -0.2) is 0 Å². The second kappa shape index (κ2) is 3.67. The van der Waals surface area contributed by atoms with E-state index in [2.05, 4.69) is 0 Å². The van der Waals surface area contributed by atoms with Gasteiger partial charge in [0.15, 0.2) is 5.78 Å². The summed E-state index contributed by atoms with van der Waals surface area (Å²) in [7, 11) is 0. The van der Waals surface area contributed by atoms with Crippen LogP contribution in [-0.4, -0.2) is 5.78 Å². The molecule has 1 heterocycles. The van der Waals surface area contributed by atoms with Gasteiger partial charge in [-0.05, 0) is 25.5 Å². The highest BCUT2D eigenvalue weighted by molar-refractivity contribution is 7.14. The van der Waals surface area contributed by atoms with E-state index in [0.29, 0.717) is 6.42 Å². The van der Waals surface area contributed by atoms with Crippen molar-refractivity contribution >= 4 is 17.1 Å². The fourth-order valence-electron chi connectivity index (χ4n) is 0.935. The van der Waals surface area contributed by atoms with Gasteiger partial charge in [0.05, 0.1) is 4.88 Å². The zero-order valence-corrected chi connectivity index (χ0v) is 7.70. The van der Waals surface area contributed by atoms with Crippen molar-refractivity contribution in [2.24, 2.45) is 0 Å². The van der Waals surface area contributed by atoms with E-state index in [-0.39, 0.29) is 5.78 Å². The van der Waals surface area contributed by atoms with Crippen LogP contribution in [0.1, 0.15) is 34.3 Å². The Kier molecular flexibility index (Phi) is 2.83. The van der Waals surface area contributed by atoms with Crippen LogP contribution >= 0.6 is 11.3 Å². The van der Waals surface area contributed by atoms with Crippen LogP contribution in [0.4, 0.5) is 0 Å². The molecule has 0 aliphatic rings. The summed E-state index contributed by atoms with van der Waals surface area (Å²) >= 11 is 1.59. The summed E-state index contributed by atoms with van der Waals surface area (Å²) in [5.41, 5.74) is 0. The van der Waals surface area contributed by atoms with Gasteiger partial charge in [-0.1, -0.05) is 6.92 Å². The SMILES string of the molecule is CCCC(=O)c1ccc(C)s1. The van der Waals surface area contributed by atoms with Crippen molar-refractivity contribution in [2.75, 3.05) is 0 Å². The smallest absolute Gasteiger partial charge is 0.172 e. The van der Waals surface area contributed by atoms with Gasteiger partial charge in [0.25, 0.3) is 0 Å². The Labute approximate surface area is 71.1 Å². The molecule has 0 N–H and O–H groups in total. The van der Waals surface area contributed by atoms with Crippen LogP contribution in [0.15, 0.2) is 12.1 Å². The lowest BCUT2D eigenvalue weighted by atomic mass is 10.2. The third-order valence-corrected chi connectivity index (χ3v) is 2.53. The maximum atomic E-state index is 11.3. The Morgan fingerprint density at radius 2 is 2.27 bits per heavy atom. The summed E-state index contributed by atoms with van der Waals surface area (Å²) in [5, 5.41) is 0. The molecule has 1 aromatic rings. The second-order valence-electron chi connectivity index (χ2n) is 2.58. The number of rotatable bonds is 3. The van der Waals surface area contributed by atoms with Crippen molar-refractivity contribution in [3.8, 4) is 0 Å². The highest BCUT2D eigenvalue weighted by Crippen LogP contribution is 2.17. The summed E-state index contributed by atoms with van der Waals surface area (Å²) < 4.78 is 0. The maximum absolute atomic E-state index is 11.3. The summed E-state index contributed by atoms with van der Waals surface area (Å²) in [6, 6.07) is 3.91. The third-order valence-electron chi connectivity index (χ3n) is 1.49. The highest BCUT2D eigenvalue weighted by Gasteiger charge is 2.05. The van der Waals surface area contributed by atoms with Crippen molar-refractivity contribution in [1.82, 2.24) is 0 Å². The largest absolute Gasteiger partial charge is 0.293 e. The minimum atomic E-state index is 0.283. The number of aryl methyl sites for hydroxylation is 1. The van der Waals surface area contributed by atoms with Gasteiger partial charge >= 0.3 is 0 Å². The fourth-order valence-corrected chi connectivity index (χ4v) is 1.77. The van der Waals surface area contributed by atoms with E-state index >= 15 is 0 Å². The van der Waals surface area contributed by atoms with Crippen molar-refractivity contribution < 1.29 is 4.79 Å². The molecule has 0 saturated carbocycles. The van der Waals surface area contributed by atoms with Crippen molar-refractivity contribution in [2.45, 2.75) is 26.7 Å². The average molecular weight is 168 g/mol. The predicted molar refractivity (Wildman–Crippen MR) is 48.3 cm³/mol. The molecule has 0 radical (unpaired) electrons. The first kappa shape index (κ1) is 8.47. The van der Waals surface area contributed by atoms with E-state index in [1.807, 2.05) is 26.0 Å². The van der Waals surface area contributed by atoms with E-state index in [1.54, 1.807) is 11.3 Å². The van der Waals surface area contributed by atoms with Crippen LogP contribution in [-0.2, 0) is 0 Å². The number of ketones is 1. The van der Waals surface area contributed by atoms with Gasteiger partial charge in [-0.3, -0.25) is 4.79 Å². The standard InChI is InChI=1S/C9H12OS/c1-3-4-8(10)9-6-5-7(2)11-9/h5-6H,3-4H2,1-2H3. The number of carbonyl (C=O) groups excluding carboxylic acids is 1. The Morgan fingerprint density at radius 1 is 1.55 bits per heavy atom. The molecule has 1 nitrogen and oxygen atoms in total. The molecule has 0 amide bonds. The molecule has 0 spiro atoms. The van der Waals surface area contributed by atoms with E-state index in [9.17, 15) is 4.79 Å². The van der Waals surface area contributed by atoms with Gasteiger partial charge in [0, 0.05) is 11.3 Å². The van der Waals surface area contributed by atoms with E-state index in [1.165, 1.54) is 4.88 Å². The first-order valence-corrected chi connectivity index (χ1v) is 4.65. The van der Waals surface area contributed by atoms with Crippen LogP contribution in [0.25, 0.3) is 0 Å². The van der Waals surface area contributed by atoms with Gasteiger partial charge in [0.1, 0.15) is 0 Å². The third kappa shape index (κ3) is 2.15.